The molecule has 5 nitrogen and oxygen atoms in total. The Morgan fingerprint density at radius 3 is 2.67 bits per heavy atom. The molecule has 1 atom stereocenters. The van der Waals surface area contributed by atoms with E-state index in [1.54, 1.807) is 32.2 Å². The standard InChI is InChI=1S/C17H20F4N4OS/c1-11(26-13-6-4-3-5-12(13)18)9-24-16(22-2)23-8-7-15-25-14(10-27-15)17(19,20)21/h3-6,10-11H,7-9H2,1-2H3,(H2,22,23,24). The summed E-state index contributed by atoms with van der Waals surface area (Å²) < 4.78 is 56.7. The van der Waals surface area contributed by atoms with Crippen molar-refractivity contribution >= 4 is 17.3 Å². The van der Waals surface area contributed by atoms with Gasteiger partial charge in [0.2, 0.25) is 0 Å². The van der Waals surface area contributed by atoms with Gasteiger partial charge in [-0.2, -0.15) is 13.2 Å². The van der Waals surface area contributed by atoms with E-state index in [0.29, 0.717) is 30.5 Å². The number of thiazole rings is 1. The van der Waals surface area contributed by atoms with Crippen LogP contribution < -0.4 is 15.4 Å². The van der Waals surface area contributed by atoms with Gasteiger partial charge in [-0.3, -0.25) is 4.99 Å². The average molecular weight is 404 g/mol. The fourth-order valence-corrected chi connectivity index (χ4v) is 2.91. The molecule has 1 aromatic heterocycles. The Morgan fingerprint density at radius 2 is 2.04 bits per heavy atom. The van der Waals surface area contributed by atoms with E-state index in [1.807, 2.05) is 0 Å². The third-order valence-corrected chi connectivity index (χ3v) is 4.33. The van der Waals surface area contributed by atoms with Crippen LogP contribution in [0.1, 0.15) is 17.6 Å². The molecule has 1 aromatic carbocycles. The first-order valence-electron chi connectivity index (χ1n) is 8.17. The zero-order valence-electron chi connectivity index (χ0n) is 14.8. The summed E-state index contributed by atoms with van der Waals surface area (Å²) in [7, 11) is 1.57. The van der Waals surface area contributed by atoms with Crippen LogP contribution in [0, 0.1) is 5.82 Å². The molecule has 2 N–H and O–H groups in total. The number of hydrogen-bond acceptors (Lipinski definition) is 4. The predicted octanol–water partition coefficient (Wildman–Crippen LogP) is 3.48. The monoisotopic (exact) mass is 404 g/mol. The molecule has 0 bridgehead atoms. The van der Waals surface area contributed by atoms with Crippen LogP contribution in [0.25, 0.3) is 0 Å². The molecular weight excluding hydrogens is 384 g/mol. The number of aromatic nitrogens is 1. The maximum atomic E-state index is 13.6. The van der Waals surface area contributed by atoms with Gasteiger partial charge in [0.25, 0.3) is 0 Å². The van der Waals surface area contributed by atoms with Crippen molar-refractivity contribution in [3.05, 3.63) is 46.2 Å². The Bertz CT molecular complexity index is 763. The van der Waals surface area contributed by atoms with Crippen molar-refractivity contribution in [3.63, 3.8) is 0 Å². The van der Waals surface area contributed by atoms with E-state index in [2.05, 4.69) is 20.6 Å². The van der Waals surface area contributed by atoms with E-state index >= 15 is 0 Å². The Morgan fingerprint density at radius 1 is 1.30 bits per heavy atom. The van der Waals surface area contributed by atoms with Gasteiger partial charge in [0, 0.05) is 25.4 Å². The topological polar surface area (TPSA) is 58.5 Å². The predicted molar refractivity (Wildman–Crippen MR) is 96.7 cm³/mol. The minimum absolute atomic E-state index is 0.166. The fraction of sp³-hybridized carbons (Fsp3) is 0.412. The summed E-state index contributed by atoms with van der Waals surface area (Å²) in [6.45, 7) is 2.51. The van der Waals surface area contributed by atoms with E-state index in [9.17, 15) is 17.6 Å². The van der Waals surface area contributed by atoms with Crippen LogP contribution in [0.5, 0.6) is 5.75 Å². The molecule has 2 aromatic rings. The number of alkyl halides is 3. The maximum absolute atomic E-state index is 13.6. The lowest BCUT2D eigenvalue weighted by atomic mass is 10.3. The number of nitrogens with zero attached hydrogens (tertiary/aromatic N) is 2. The molecule has 0 aliphatic rings. The van der Waals surface area contributed by atoms with E-state index in [4.69, 9.17) is 4.74 Å². The van der Waals surface area contributed by atoms with Gasteiger partial charge >= 0.3 is 6.18 Å². The van der Waals surface area contributed by atoms with Crippen molar-refractivity contribution in [1.29, 1.82) is 0 Å². The van der Waals surface area contributed by atoms with E-state index < -0.39 is 17.7 Å². The van der Waals surface area contributed by atoms with Crippen LogP contribution in [-0.2, 0) is 12.6 Å². The van der Waals surface area contributed by atoms with Crippen molar-refractivity contribution in [1.82, 2.24) is 15.6 Å². The van der Waals surface area contributed by atoms with Gasteiger partial charge in [0.1, 0.15) is 6.10 Å². The summed E-state index contributed by atoms with van der Waals surface area (Å²) >= 11 is 0.970. The van der Waals surface area contributed by atoms with Crippen molar-refractivity contribution in [2.24, 2.45) is 4.99 Å². The second-order valence-electron chi connectivity index (χ2n) is 5.61. The highest BCUT2D eigenvalue weighted by molar-refractivity contribution is 7.09. The Labute approximate surface area is 158 Å². The third-order valence-electron chi connectivity index (χ3n) is 3.42. The van der Waals surface area contributed by atoms with Crippen LogP contribution in [0.2, 0.25) is 0 Å². The molecule has 0 saturated heterocycles. The molecular formula is C17H20F4N4OS. The van der Waals surface area contributed by atoms with Crippen LogP contribution in [0.3, 0.4) is 0 Å². The molecule has 0 saturated carbocycles. The minimum Gasteiger partial charge on any atom is -0.486 e. The summed E-state index contributed by atoms with van der Waals surface area (Å²) in [4.78, 5) is 7.60. The second-order valence-corrected chi connectivity index (χ2v) is 6.56. The summed E-state index contributed by atoms with van der Waals surface area (Å²) in [5, 5.41) is 7.40. The highest BCUT2D eigenvalue weighted by Gasteiger charge is 2.33. The van der Waals surface area contributed by atoms with Gasteiger partial charge in [-0.15, -0.1) is 11.3 Å². The maximum Gasteiger partial charge on any atom is 0.434 e. The second kappa shape index (κ2) is 9.54. The number of rotatable bonds is 7. The first-order valence-corrected chi connectivity index (χ1v) is 9.05. The van der Waals surface area contributed by atoms with Crippen LogP contribution >= 0.6 is 11.3 Å². The van der Waals surface area contributed by atoms with E-state index in [0.717, 1.165) is 16.7 Å². The van der Waals surface area contributed by atoms with Crippen molar-refractivity contribution in [3.8, 4) is 5.75 Å². The number of nitrogens with one attached hydrogen (secondary N) is 2. The van der Waals surface area contributed by atoms with Gasteiger partial charge in [-0.05, 0) is 19.1 Å². The normalized spacial score (nSPS) is 13.3. The number of halogens is 4. The number of benzene rings is 1. The van der Waals surface area contributed by atoms with Crippen molar-refractivity contribution in [2.75, 3.05) is 20.1 Å². The van der Waals surface area contributed by atoms with Gasteiger partial charge in [-0.25, -0.2) is 9.37 Å². The smallest absolute Gasteiger partial charge is 0.434 e. The number of aliphatic imine (C=N–C) groups is 1. The van der Waals surface area contributed by atoms with Gasteiger partial charge in [0.15, 0.2) is 23.2 Å². The SMILES string of the molecule is CN=C(NCCc1nc(C(F)(F)F)cs1)NCC(C)Oc1ccccc1F. The van der Waals surface area contributed by atoms with Gasteiger partial charge < -0.3 is 15.4 Å². The molecule has 1 unspecified atom stereocenters. The number of ether oxygens (including phenoxy) is 1. The van der Waals surface area contributed by atoms with Crippen LogP contribution in [-0.4, -0.2) is 37.2 Å². The van der Waals surface area contributed by atoms with Gasteiger partial charge in [0.05, 0.1) is 11.6 Å². The molecule has 0 fully saturated rings. The van der Waals surface area contributed by atoms with Crippen LogP contribution in [0.4, 0.5) is 17.6 Å². The average Bonchev–Trinajstić information content (AvgIpc) is 3.09. The van der Waals surface area contributed by atoms with Crippen molar-refractivity contribution in [2.45, 2.75) is 25.6 Å². The largest absolute Gasteiger partial charge is 0.486 e. The van der Waals surface area contributed by atoms with Crippen LogP contribution in [0.15, 0.2) is 34.6 Å². The van der Waals surface area contributed by atoms with Gasteiger partial charge in [-0.1, -0.05) is 12.1 Å². The summed E-state index contributed by atoms with van der Waals surface area (Å²) in [6, 6.07) is 6.12. The lowest BCUT2D eigenvalue weighted by Crippen LogP contribution is -2.42. The Balaban J connectivity index is 1.74. The molecule has 10 heteroatoms. The summed E-state index contributed by atoms with van der Waals surface area (Å²) in [5.41, 5.74) is -0.871. The highest BCUT2D eigenvalue weighted by atomic mass is 32.1. The highest BCUT2D eigenvalue weighted by Crippen LogP contribution is 2.30. The Kier molecular flexibility index (Phi) is 7.40. The molecule has 2 rings (SSSR count). The minimum atomic E-state index is -4.42. The molecule has 0 aliphatic heterocycles. The molecule has 148 valence electrons. The number of guanidine groups is 1. The van der Waals surface area contributed by atoms with E-state index in [-0.39, 0.29) is 11.9 Å². The fourth-order valence-electron chi connectivity index (χ4n) is 2.10. The van der Waals surface area contributed by atoms with Crippen molar-refractivity contribution < 1.29 is 22.3 Å². The first kappa shape index (κ1) is 20.9. The first-order chi connectivity index (χ1) is 12.8. The van der Waals surface area contributed by atoms with E-state index in [1.165, 1.54) is 6.07 Å². The molecule has 1 heterocycles. The quantitative estimate of drug-likeness (QED) is 0.422. The third kappa shape index (κ3) is 6.70. The molecule has 0 amide bonds. The summed E-state index contributed by atoms with van der Waals surface area (Å²) in [5.74, 6) is 0.194. The molecule has 27 heavy (non-hydrogen) atoms. The zero-order valence-corrected chi connectivity index (χ0v) is 15.6. The summed E-state index contributed by atoms with van der Waals surface area (Å²) in [6.07, 6.45) is -4.41. The molecule has 0 aliphatic carbocycles. The lowest BCUT2D eigenvalue weighted by Gasteiger charge is -2.18. The molecule has 0 radical (unpaired) electrons. The lowest BCUT2D eigenvalue weighted by molar-refractivity contribution is -0.140. The molecule has 0 spiro atoms. The Hall–Kier alpha value is -2.36. The zero-order chi connectivity index (χ0) is 19.9. The number of hydrogen-bond donors (Lipinski definition) is 2. The number of para-hydroxylation sites is 1.